The van der Waals surface area contributed by atoms with Gasteiger partial charge in [0, 0.05) is 12.6 Å². The topological polar surface area (TPSA) is 58.2 Å². The van der Waals surface area contributed by atoms with Crippen molar-refractivity contribution >= 4 is 10.0 Å². The van der Waals surface area contributed by atoms with Crippen LogP contribution in [0.3, 0.4) is 0 Å². The fourth-order valence-electron chi connectivity index (χ4n) is 2.26. The molecule has 2 N–H and O–H groups in total. The predicted octanol–water partition coefficient (Wildman–Crippen LogP) is 1.42. The average molecular weight is 268 g/mol. The van der Waals surface area contributed by atoms with Gasteiger partial charge in [0.05, 0.1) is 5.25 Å². The van der Waals surface area contributed by atoms with Gasteiger partial charge in [-0.1, -0.05) is 37.3 Å². The SMILES string of the molecule is CCC(NS(=O)(=O)C1CCNC1)c1ccccc1. The molecule has 100 valence electrons. The quantitative estimate of drug-likeness (QED) is 0.849. The van der Waals surface area contributed by atoms with Crippen molar-refractivity contribution in [1.82, 2.24) is 10.0 Å². The molecule has 4 nitrogen and oxygen atoms in total. The number of nitrogens with one attached hydrogen (secondary N) is 2. The standard InChI is InChI=1S/C13H20N2O2S/c1-2-13(11-6-4-3-5-7-11)15-18(16,17)12-8-9-14-10-12/h3-7,12-15H,2,8-10H2,1H3. The van der Waals surface area contributed by atoms with Gasteiger partial charge < -0.3 is 5.32 Å². The Bertz CT molecular complexity index is 467. The van der Waals surface area contributed by atoms with E-state index >= 15 is 0 Å². The zero-order chi connectivity index (χ0) is 13.0. The number of hydrogen-bond donors (Lipinski definition) is 2. The Kier molecular flexibility index (Phi) is 4.37. The van der Waals surface area contributed by atoms with Gasteiger partial charge in [-0.3, -0.25) is 0 Å². The van der Waals surface area contributed by atoms with Gasteiger partial charge in [-0.15, -0.1) is 0 Å². The highest BCUT2D eigenvalue weighted by Gasteiger charge is 2.30. The molecular formula is C13H20N2O2S. The molecule has 1 saturated heterocycles. The lowest BCUT2D eigenvalue weighted by molar-refractivity contribution is 0.538. The maximum atomic E-state index is 12.2. The van der Waals surface area contributed by atoms with Gasteiger partial charge in [-0.05, 0) is 24.9 Å². The molecule has 0 aliphatic carbocycles. The van der Waals surface area contributed by atoms with Crippen LogP contribution in [-0.4, -0.2) is 26.8 Å². The minimum Gasteiger partial charge on any atom is -0.315 e. The van der Waals surface area contributed by atoms with Gasteiger partial charge >= 0.3 is 0 Å². The first-order chi connectivity index (χ1) is 8.63. The molecule has 0 radical (unpaired) electrons. The fraction of sp³-hybridized carbons (Fsp3) is 0.538. The van der Waals surface area contributed by atoms with Crippen molar-refractivity contribution in [2.45, 2.75) is 31.1 Å². The molecule has 0 saturated carbocycles. The van der Waals surface area contributed by atoms with Crippen molar-refractivity contribution in [1.29, 1.82) is 0 Å². The van der Waals surface area contributed by atoms with Crippen LogP contribution in [0.2, 0.25) is 0 Å². The largest absolute Gasteiger partial charge is 0.315 e. The van der Waals surface area contributed by atoms with E-state index in [9.17, 15) is 8.42 Å². The van der Waals surface area contributed by atoms with E-state index in [1.807, 2.05) is 37.3 Å². The summed E-state index contributed by atoms with van der Waals surface area (Å²) in [4.78, 5) is 0. The van der Waals surface area contributed by atoms with Crippen LogP contribution in [0, 0.1) is 0 Å². The van der Waals surface area contributed by atoms with Crippen LogP contribution in [0.25, 0.3) is 0 Å². The van der Waals surface area contributed by atoms with E-state index in [0.717, 1.165) is 18.5 Å². The van der Waals surface area contributed by atoms with Gasteiger partial charge in [0.25, 0.3) is 0 Å². The summed E-state index contributed by atoms with van der Waals surface area (Å²) in [7, 11) is -3.23. The molecule has 0 bridgehead atoms. The van der Waals surface area contributed by atoms with Crippen molar-refractivity contribution in [3.05, 3.63) is 35.9 Å². The fourth-order valence-corrected chi connectivity index (χ4v) is 3.92. The van der Waals surface area contributed by atoms with Crippen molar-refractivity contribution in [2.24, 2.45) is 0 Å². The molecule has 2 atom stereocenters. The van der Waals surface area contributed by atoms with E-state index in [1.54, 1.807) is 0 Å². The normalized spacial score (nSPS) is 21.9. The van der Waals surface area contributed by atoms with Gasteiger partial charge in [0.15, 0.2) is 0 Å². The first-order valence-electron chi connectivity index (χ1n) is 6.40. The van der Waals surface area contributed by atoms with Crippen LogP contribution in [0.4, 0.5) is 0 Å². The molecule has 1 aliphatic heterocycles. The highest BCUT2D eigenvalue weighted by molar-refractivity contribution is 7.90. The highest BCUT2D eigenvalue weighted by Crippen LogP contribution is 2.19. The third-order valence-corrected chi connectivity index (χ3v) is 5.26. The smallest absolute Gasteiger partial charge is 0.216 e. The molecule has 18 heavy (non-hydrogen) atoms. The van der Waals surface area contributed by atoms with E-state index in [0.29, 0.717) is 13.0 Å². The Morgan fingerprint density at radius 1 is 1.39 bits per heavy atom. The molecule has 1 aliphatic rings. The average Bonchev–Trinajstić information content (AvgIpc) is 2.92. The molecular weight excluding hydrogens is 248 g/mol. The van der Waals surface area contributed by atoms with E-state index in [2.05, 4.69) is 10.0 Å². The Hall–Kier alpha value is -0.910. The Morgan fingerprint density at radius 3 is 2.67 bits per heavy atom. The summed E-state index contributed by atoms with van der Waals surface area (Å²) < 4.78 is 27.3. The number of rotatable bonds is 5. The van der Waals surface area contributed by atoms with Gasteiger partial charge in [0.2, 0.25) is 10.0 Å². The number of sulfonamides is 1. The first-order valence-corrected chi connectivity index (χ1v) is 7.95. The molecule has 0 aromatic heterocycles. The summed E-state index contributed by atoms with van der Waals surface area (Å²) in [5, 5.41) is 2.79. The maximum absolute atomic E-state index is 12.2. The van der Waals surface area contributed by atoms with E-state index in [4.69, 9.17) is 0 Å². The van der Waals surface area contributed by atoms with Gasteiger partial charge in [-0.25, -0.2) is 13.1 Å². The summed E-state index contributed by atoms with van der Waals surface area (Å²) in [6.07, 6.45) is 1.45. The summed E-state index contributed by atoms with van der Waals surface area (Å²) in [6.45, 7) is 3.33. The lowest BCUT2D eigenvalue weighted by Gasteiger charge is -2.20. The zero-order valence-corrected chi connectivity index (χ0v) is 11.4. The van der Waals surface area contributed by atoms with Crippen LogP contribution in [-0.2, 0) is 10.0 Å². The summed E-state index contributed by atoms with van der Waals surface area (Å²) in [5.74, 6) is 0. The van der Waals surface area contributed by atoms with E-state index < -0.39 is 10.0 Å². The molecule has 1 aromatic rings. The predicted molar refractivity (Wildman–Crippen MR) is 72.8 cm³/mol. The van der Waals surface area contributed by atoms with Crippen molar-refractivity contribution < 1.29 is 8.42 Å². The van der Waals surface area contributed by atoms with Crippen LogP contribution >= 0.6 is 0 Å². The molecule has 0 amide bonds. The van der Waals surface area contributed by atoms with Crippen LogP contribution < -0.4 is 10.0 Å². The molecule has 5 heteroatoms. The Balaban J connectivity index is 2.11. The third kappa shape index (κ3) is 3.10. The lowest BCUT2D eigenvalue weighted by atomic mass is 10.1. The Morgan fingerprint density at radius 2 is 2.11 bits per heavy atom. The molecule has 1 heterocycles. The first kappa shape index (κ1) is 13.5. The second-order valence-electron chi connectivity index (χ2n) is 4.65. The molecule has 2 rings (SSSR count). The van der Waals surface area contributed by atoms with Crippen molar-refractivity contribution in [2.75, 3.05) is 13.1 Å². The summed E-state index contributed by atoms with van der Waals surface area (Å²) >= 11 is 0. The van der Waals surface area contributed by atoms with Crippen molar-refractivity contribution in [3.63, 3.8) is 0 Å². The number of benzene rings is 1. The number of hydrogen-bond acceptors (Lipinski definition) is 3. The molecule has 0 spiro atoms. The van der Waals surface area contributed by atoms with E-state index in [1.165, 1.54) is 0 Å². The van der Waals surface area contributed by atoms with Crippen LogP contribution in [0.5, 0.6) is 0 Å². The third-order valence-electron chi connectivity index (χ3n) is 3.37. The summed E-state index contributed by atoms with van der Waals surface area (Å²) in [6, 6.07) is 9.60. The van der Waals surface area contributed by atoms with Gasteiger partial charge in [0.1, 0.15) is 0 Å². The lowest BCUT2D eigenvalue weighted by Crippen LogP contribution is -2.37. The van der Waals surface area contributed by atoms with Gasteiger partial charge in [-0.2, -0.15) is 0 Å². The Labute approximate surface area is 109 Å². The summed E-state index contributed by atoms with van der Waals surface area (Å²) in [5.41, 5.74) is 1.02. The molecule has 1 fully saturated rings. The molecule has 1 aromatic carbocycles. The highest BCUT2D eigenvalue weighted by atomic mass is 32.2. The monoisotopic (exact) mass is 268 g/mol. The zero-order valence-electron chi connectivity index (χ0n) is 10.6. The molecule has 2 unspecified atom stereocenters. The van der Waals surface area contributed by atoms with Crippen LogP contribution in [0.1, 0.15) is 31.4 Å². The van der Waals surface area contributed by atoms with Crippen LogP contribution in [0.15, 0.2) is 30.3 Å². The minimum absolute atomic E-state index is 0.128. The second-order valence-corrected chi connectivity index (χ2v) is 6.64. The minimum atomic E-state index is -3.23. The maximum Gasteiger partial charge on any atom is 0.216 e. The second kappa shape index (κ2) is 5.82. The van der Waals surface area contributed by atoms with Crippen molar-refractivity contribution in [3.8, 4) is 0 Å². The van der Waals surface area contributed by atoms with E-state index in [-0.39, 0.29) is 11.3 Å².